The summed E-state index contributed by atoms with van der Waals surface area (Å²) in [7, 11) is 0. The number of carbonyl (C=O) groups excluding carboxylic acids is 2. The van der Waals surface area contributed by atoms with Crippen LogP contribution in [0.4, 0.5) is 0 Å². The SMILES string of the molecule is O=C1c2ccccc2C(=O)n2c1nc(-c1ccccc1)c2-c1ccccc1. The predicted molar refractivity (Wildman–Crippen MR) is 103 cm³/mol. The van der Waals surface area contributed by atoms with E-state index in [1.807, 2.05) is 60.7 Å². The number of imidazole rings is 1. The summed E-state index contributed by atoms with van der Waals surface area (Å²) >= 11 is 0. The number of benzene rings is 3. The number of fused-ring (bicyclic) bond motifs is 2. The molecule has 0 spiro atoms. The van der Waals surface area contributed by atoms with Crippen LogP contribution in [0.15, 0.2) is 84.9 Å². The minimum absolute atomic E-state index is 0.163. The highest BCUT2D eigenvalue weighted by Crippen LogP contribution is 2.36. The number of hydrogen-bond donors (Lipinski definition) is 0. The number of rotatable bonds is 2. The standard InChI is InChI=1S/C23H14N2O2/c26-21-17-13-7-8-14-18(17)23(27)25-20(16-11-5-2-6-12-16)19(24-22(21)25)15-9-3-1-4-10-15/h1-14H. The van der Waals surface area contributed by atoms with Crippen molar-refractivity contribution in [1.29, 1.82) is 0 Å². The van der Waals surface area contributed by atoms with Crippen LogP contribution in [0, 0.1) is 0 Å². The van der Waals surface area contributed by atoms with E-state index in [1.54, 1.807) is 24.3 Å². The summed E-state index contributed by atoms with van der Waals surface area (Å²) < 4.78 is 1.46. The van der Waals surface area contributed by atoms with E-state index in [2.05, 4.69) is 4.98 Å². The number of aromatic nitrogens is 2. The summed E-state index contributed by atoms with van der Waals surface area (Å²) in [4.78, 5) is 30.9. The molecule has 0 amide bonds. The Morgan fingerprint density at radius 2 is 1.19 bits per heavy atom. The van der Waals surface area contributed by atoms with Crippen LogP contribution in [-0.2, 0) is 0 Å². The highest BCUT2D eigenvalue weighted by atomic mass is 16.2. The van der Waals surface area contributed by atoms with Gasteiger partial charge >= 0.3 is 0 Å². The molecule has 0 N–H and O–H groups in total. The predicted octanol–water partition coefficient (Wildman–Crippen LogP) is 4.45. The molecule has 0 unspecified atom stereocenters. The Hall–Kier alpha value is -3.79. The lowest BCUT2D eigenvalue weighted by Gasteiger charge is -2.17. The molecule has 4 heteroatoms. The largest absolute Gasteiger partial charge is 0.285 e. The summed E-state index contributed by atoms with van der Waals surface area (Å²) in [5.74, 6) is -0.297. The van der Waals surface area contributed by atoms with Gasteiger partial charge in [-0.3, -0.25) is 14.2 Å². The van der Waals surface area contributed by atoms with Crippen molar-refractivity contribution in [1.82, 2.24) is 9.55 Å². The van der Waals surface area contributed by atoms with Gasteiger partial charge in [-0.25, -0.2) is 4.98 Å². The van der Waals surface area contributed by atoms with Crippen LogP contribution in [0.2, 0.25) is 0 Å². The monoisotopic (exact) mass is 350 g/mol. The van der Waals surface area contributed by atoms with Gasteiger partial charge in [0.25, 0.3) is 5.91 Å². The molecule has 4 nitrogen and oxygen atoms in total. The van der Waals surface area contributed by atoms with Crippen LogP contribution < -0.4 is 0 Å². The number of ketones is 1. The Labute approximate surface area is 155 Å². The summed E-state index contributed by atoms with van der Waals surface area (Å²) in [5, 5.41) is 0. The van der Waals surface area contributed by atoms with Crippen molar-refractivity contribution in [3.63, 3.8) is 0 Å². The van der Waals surface area contributed by atoms with E-state index in [-0.39, 0.29) is 17.5 Å². The van der Waals surface area contributed by atoms with E-state index in [1.165, 1.54) is 4.57 Å². The van der Waals surface area contributed by atoms with Gasteiger partial charge in [0, 0.05) is 16.7 Å². The van der Waals surface area contributed by atoms with Crippen molar-refractivity contribution in [2.24, 2.45) is 0 Å². The second-order valence-corrected chi connectivity index (χ2v) is 6.38. The molecule has 3 aromatic carbocycles. The van der Waals surface area contributed by atoms with E-state index in [9.17, 15) is 9.59 Å². The molecule has 2 heterocycles. The third kappa shape index (κ3) is 2.27. The van der Waals surface area contributed by atoms with Gasteiger partial charge in [-0.15, -0.1) is 0 Å². The molecule has 1 aliphatic heterocycles. The van der Waals surface area contributed by atoms with Gasteiger partial charge in [-0.2, -0.15) is 0 Å². The highest BCUT2D eigenvalue weighted by Gasteiger charge is 2.35. The lowest BCUT2D eigenvalue weighted by atomic mass is 9.98. The summed E-state index contributed by atoms with van der Waals surface area (Å²) in [6.45, 7) is 0. The molecule has 1 aromatic heterocycles. The summed E-state index contributed by atoms with van der Waals surface area (Å²) in [6.07, 6.45) is 0. The van der Waals surface area contributed by atoms with E-state index in [0.717, 1.165) is 11.1 Å². The molecular formula is C23H14N2O2. The third-order valence-electron chi connectivity index (χ3n) is 4.78. The van der Waals surface area contributed by atoms with Crippen LogP contribution in [-0.4, -0.2) is 21.2 Å². The van der Waals surface area contributed by atoms with E-state index < -0.39 is 0 Å². The van der Waals surface area contributed by atoms with Gasteiger partial charge in [-0.05, 0) is 6.07 Å². The van der Waals surface area contributed by atoms with Gasteiger partial charge in [0.05, 0.1) is 17.0 Å². The zero-order valence-corrected chi connectivity index (χ0v) is 14.3. The topological polar surface area (TPSA) is 52.0 Å². The van der Waals surface area contributed by atoms with Crippen LogP contribution >= 0.6 is 0 Å². The fourth-order valence-corrected chi connectivity index (χ4v) is 3.54. The Bertz CT molecular complexity index is 1190. The van der Waals surface area contributed by atoms with Crippen molar-refractivity contribution >= 4 is 11.7 Å². The first-order valence-corrected chi connectivity index (χ1v) is 8.67. The fourth-order valence-electron chi connectivity index (χ4n) is 3.54. The van der Waals surface area contributed by atoms with Crippen molar-refractivity contribution in [3.8, 4) is 22.5 Å². The Morgan fingerprint density at radius 3 is 1.85 bits per heavy atom. The molecule has 0 atom stereocenters. The number of nitrogens with zero attached hydrogens (tertiary/aromatic N) is 2. The van der Waals surface area contributed by atoms with Crippen molar-refractivity contribution in [3.05, 3.63) is 102 Å². The van der Waals surface area contributed by atoms with E-state index in [4.69, 9.17) is 0 Å². The van der Waals surface area contributed by atoms with Gasteiger partial charge in [0.15, 0.2) is 5.82 Å². The van der Waals surface area contributed by atoms with Crippen LogP contribution in [0.5, 0.6) is 0 Å². The Kier molecular flexibility index (Phi) is 3.37. The van der Waals surface area contributed by atoms with E-state index in [0.29, 0.717) is 22.5 Å². The van der Waals surface area contributed by atoms with Crippen molar-refractivity contribution in [2.75, 3.05) is 0 Å². The first-order chi connectivity index (χ1) is 13.3. The molecule has 0 saturated heterocycles. The minimum Gasteiger partial charge on any atom is -0.285 e. The summed E-state index contributed by atoms with van der Waals surface area (Å²) in [5.41, 5.74) is 3.79. The lowest BCUT2D eigenvalue weighted by molar-refractivity contribution is 0.0909. The molecule has 1 aliphatic rings. The fraction of sp³-hybridized carbons (Fsp3) is 0. The summed E-state index contributed by atoms with van der Waals surface area (Å²) in [6, 6.07) is 26.1. The Morgan fingerprint density at radius 1 is 0.630 bits per heavy atom. The van der Waals surface area contributed by atoms with Gasteiger partial charge in [0.2, 0.25) is 5.78 Å². The Balaban J connectivity index is 1.86. The number of carbonyl (C=O) groups is 2. The van der Waals surface area contributed by atoms with Gasteiger partial charge in [-0.1, -0.05) is 78.9 Å². The third-order valence-corrected chi connectivity index (χ3v) is 4.78. The molecule has 0 saturated carbocycles. The second-order valence-electron chi connectivity index (χ2n) is 6.38. The first kappa shape index (κ1) is 15.5. The maximum Gasteiger partial charge on any atom is 0.264 e. The zero-order valence-electron chi connectivity index (χ0n) is 14.3. The van der Waals surface area contributed by atoms with Gasteiger partial charge in [0.1, 0.15) is 0 Å². The quantitative estimate of drug-likeness (QED) is 0.473. The average Bonchev–Trinajstić information content (AvgIpc) is 3.14. The minimum atomic E-state index is -0.232. The molecule has 0 fully saturated rings. The zero-order chi connectivity index (χ0) is 18.4. The molecule has 0 radical (unpaired) electrons. The molecule has 128 valence electrons. The van der Waals surface area contributed by atoms with Crippen LogP contribution in [0.25, 0.3) is 22.5 Å². The van der Waals surface area contributed by atoms with Crippen LogP contribution in [0.3, 0.4) is 0 Å². The lowest BCUT2D eigenvalue weighted by Crippen LogP contribution is -2.27. The van der Waals surface area contributed by atoms with E-state index >= 15 is 0 Å². The van der Waals surface area contributed by atoms with Crippen molar-refractivity contribution in [2.45, 2.75) is 0 Å². The number of hydrogen-bond acceptors (Lipinski definition) is 3. The molecule has 4 aromatic rings. The maximum atomic E-state index is 13.3. The molecule has 0 bridgehead atoms. The normalized spacial score (nSPS) is 12.6. The second kappa shape index (κ2) is 5.88. The van der Waals surface area contributed by atoms with Crippen LogP contribution in [0.1, 0.15) is 26.5 Å². The molecule has 5 rings (SSSR count). The molecule has 27 heavy (non-hydrogen) atoms. The maximum absolute atomic E-state index is 13.3. The molecule has 0 aliphatic carbocycles. The van der Waals surface area contributed by atoms with Gasteiger partial charge < -0.3 is 0 Å². The highest BCUT2D eigenvalue weighted by molar-refractivity contribution is 6.21. The average molecular weight is 350 g/mol. The molecular weight excluding hydrogens is 336 g/mol. The smallest absolute Gasteiger partial charge is 0.264 e. The van der Waals surface area contributed by atoms with Crippen molar-refractivity contribution < 1.29 is 9.59 Å². The first-order valence-electron chi connectivity index (χ1n) is 8.67.